The zero-order valence-electron chi connectivity index (χ0n) is 7.49. The summed E-state index contributed by atoms with van der Waals surface area (Å²) in [6, 6.07) is 5.97. The lowest BCUT2D eigenvalue weighted by Crippen LogP contribution is -1.98. The van der Waals surface area contributed by atoms with Crippen molar-refractivity contribution in [1.29, 1.82) is 0 Å². The highest BCUT2D eigenvalue weighted by atomic mass is 15.0. The molecule has 66 valence electrons. The van der Waals surface area contributed by atoms with E-state index in [4.69, 9.17) is 0 Å². The summed E-state index contributed by atoms with van der Waals surface area (Å²) in [5, 5.41) is 4.28. The average Bonchev–Trinajstić information content (AvgIpc) is 2.18. The second-order valence-corrected chi connectivity index (χ2v) is 2.80. The van der Waals surface area contributed by atoms with Crippen molar-refractivity contribution in [1.82, 2.24) is 9.97 Å². The minimum Gasteiger partial charge on any atom is -0.370 e. The molecule has 0 saturated heterocycles. The molecule has 2 heterocycles. The van der Waals surface area contributed by atoms with Gasteiger partial charge in [0.25, 0.3) is 0 Å². The molecule has 0 aliphatic carbocycles. The fourth-order valence-corrected chi connectivity index (χ4v) is 1.25. The van der Waals surface area contributed by atoms with Crippen LogP contribution in [0.2, 0.25) is 0 Å². The minimum absolute atomic E-state index is 0.888. The monoisotopic (exact) mass is 173 g/mol. The molecule has 0 amide bonds. The van der Waals surface area contributed by atoms with E-state index >= 15 is 0 Å². The van der Waals surface area contributed by atoms with E-state index in [0.29, 0.717) is 0 Å². The van der Waals surface area contributed by atoms with Crippen LogP contribution in [-0.4, -0.2) is 16.5 Å². The topological polar surface area (TPSA) is 37.8 Å². The second kappa shape index (κ2) is 3.39. The Bertz CT molecular complexity index is 412. The standard InChI is InChI=1S/C10H11N3/c1-2-11-10-6-8-4-3-5-12-9(8)7-13-10/h3-7H,2H2,1H3,(H,11,13). The van der Waals surface area contributed by atoms with E-state index in [0.717, 1.165) is 23.3 Å². The maximum absolute atomic E-state index is 4.22. The van der Waals surface area contributed by atoms with Crippen molar-refractivity contribution < 1.29 is 0 Å². The second-order valence-electron chi connectivity index (χ2n) is 2.80. The predicted octanol–water partition coefficient (Wildman–Crippen LogP) is 2.06. The summed E-state index contributed by atoms with van der Waals surface area (Å²) >= 11 is 0. The lowest BCUT2D eigenvalue weighted by atomic mass is 10.2. The highest BCUT2D eigenvalue weighted by Gasteiger charge is 1.95. The van der Waals surface area contributed by atoms with E-state index in [1.165, 1.54) is 0 Å². The van der Waals surface area contributed by atoms with E-state index in [9.17, 15) is 0 Å². The van der Waals surface area contributed by atoms with Gasteiger partial charge in [0.15, 0.2) is 0 Å². The molecule has 2 aromatic heterocycles. The molecule has 3 nitrogen and oxygen atoms in total. The number of anilines is 1. The fraction of sp³-hybridized carbons (Fsp3) is 0.200. The van der Waals surface area contributed by atoms with E-state index in [-0.39, 0.29) is 0 Å². The van der Waals surface area contributed by atoms with Gasteiger partial charge in [0.2, 0.25) is 0 Å². The Morgan fingerprint density at radius 1 is 1.38 bits per heavy atom. The molecular weight excluding hydrogens is 162 g/mol. The molecule has 0 saturated carbocycles. The quantitative estimate of drug-likeness (QED) is 0.755. The van der Waals surface area contributed by atoms with Crippen molar-refractivity contribution in [3.63, 3.8) is 0 Å². The number of fused-ring (bicyclic) bond motifs is 1. The molecule has 0 unspecified atom stereocenters. The van der Waals surface area contributed by atoms with Crippen molar-refractivity contribution in [2.45, 2.75) is 6.92 Å². The first-order chi connectivity index (χ1) is 6.40. The van der Waals surface area contributed by atoms with Gasteiger partial charge in [-0.1, -0.05) is 6.07 Å². The van der Waals surface area contributed by atoms with Crippen LogP contribution in [-0.2, 0) is 0 Å². The molecule has 0 atom stereocenters. The third-order valence-corrected chi connectivity index (χ3v) is 1.85. The van der Waals surface area contributed by atoms with Crippen LogP contribution in [0.25, 0.3) is 10.9 Å². The molecule has 0 fully saturated rings. The molecule has 0 aliphatic rings. The van der Waals surface area contributed by atoms with Crippen molar-refractivity contribution in [3.05, 3.63) is 30.6 Å². The van der Waals surface area contributed by atoms with Gasteiger partial charge < -0.3 is 5.32 Å². The third-order valence-electron chi connectivity index (χ3n) is 1.85. The number of hydrogen-bond acceptors (Lipinski definition) is 3. The maximum Gasteiger partial charge on any atom is 0.126 e. The Morgan fingerprint density at radius 3 is 3.15 bits per heavy atom. The van der Waals surface area contributed by atoms with Gasteiger partial charge in [-0.15, -0.1) is 0 Å². The number of pyridine rings is 2. The zero-order valence-corrected chi connectivity index (χ0v) is 7.49. The first kappa shape index (κ1) is 7.98. The SMILES string of the molecule is CCNc1cc2cccnc2cn1. The first-order valence-electron chi connectivity index (χ1n) is 4.35. The largest absolute Gasteiger partial charge is 0.370 e. The summed E-state index contributed by atoms with van der Waals surface area (Å²) < 4.78 is 0. The summed E-state index contributed by atoms with van der Waals surface area (Å²) in [6.07, 6.45) is 3.56. The van der Waals surface area contributed by atoms with Crippen molar-refractivity contribution in [2.24, 2.45) is 0 Å². The van der Waals surface area contributed by atoms with Crippen LogP contribution in [0.1, 0.15) is 6.92 Å². The Balaban J connectivity index is 2.49. The van der Waals surface area contributed by atoms with Gasteiger partial charge in [0.1, 0.15) is 5.82 Å². The molecule has 3 heteroatoms. The molecule has 0 spiro atoms. The van der Waals surface area contributed by atoms with Gasteiger partial charge in [0.05, 0.1) is 11.7 Å². The molecule has 0 radical (unpaired) electrons. The number of rotatable bonds is 2. The highest BCUT2D eigenvalue weighted by molar-refractivity contribution is 5.79. The molecule has 0 aromatic carbocycles. The van der Waals surface area contributed by atoms with Crippen LogP contribution in [0.15, 0.2) is 30.6 Å². The van der Waals surface area contributed by atoms with Crippen LogP contribution >= 0.6 is 0 Å². The molecule has 1 N–H and O–H groups in total. The van der Waals surface area contributed by atoms with Gasteiger partial charge in [0, 0.05) is 18.1 Å². The highest BCUT2D eigenvalue weighted by Crippen LogP contribution is 2.13. The van der Waals surface area contributed by atoms with E-state index in [2.05, 4.69) is 22.2 Å². The van der Waals surface area contributed by atoms with Gasteiger partial charge in [-0.3, -0.25) is 4.98 Å². The van der Waals surface area contributed by atoms with Gasteiger partial charge in [-0.2, -0.15) is 0 Å². The zero-order chi connectivity index (χ0) is 9.10. The van der Waals surface area contributed by atoms with E-state index in [1.54, 1.807) is 12.4 Å². The Hall–Kier alpha value is -1.64. The van der Waals surface area contributed by atoms with Crippen molar-refractivity contribution >= 4 is 16.7 Å². The normalized spacial score (nSPS) is 10.2. The van der Waals surface area contributed by atoms with Crippen LogP contribution in [0.4, 0.5) is 5.82 Å². The average molecular weight is 173 g/mol. The van der Waals surface area contributed by atoms with Crippen LogP contribution in [0, 0.1) is 0 Å². The molecule has 0 bridgehead atoms. The number of aromatic nitrogens is 2. The lowest BCUT2D eigenvalue weighted by Gasteiger charge is -2.02. The van der Waals surface area contributed by atoms with E-state index < -0.39 is 0 Å². The Labute approximate surface area is 76.8 Å². The maximum atomic E-state index is 4.22. The molecule has 2 aromatic rings. The third kappa shape index (κ3) is 1.59. The van der Waals surface area contributed by atoms with Crippen LogP contribution in [0.5, 0.6) is 0 Å². The number of hydrogen-bond donors (Lipinski definition) is 1. The minimum atomic E-state index is 0.888. The molecule has 13 heavy (non-hydrogen) atoms. The molecule has 2 rings (SSSR count). The van der Waals surface area contributed by atoms with Crippen molar-refractivity contribution in [2.75, 3.05) is 11.9 Å². The Kier molecular flexibility index (Phi) is 2.08. The van der Waals surface area contributed by atoms with Gasteiger partial charge in [-0.25, -0.2) is 4.98 Å². The number of nitrogens with zero attached hydrogens (tertiary/aromatic N) is 2. The summed E-state index contributed by atoms with van der Waals surface area (Å²) in [6.45, 7) is 2.94. The summed E-state index contributed by atoms with van der Waals surface area (Å²) in [5.41, 5.74) is 0.934. The molecular formula is C10H11N3. The number of nitrogens with one attached hydrogen (secondary N) is 1. The summed E-state index contributed by atoms with van der Waals surface area (Å²) in [7, 11) is 0. The fourth-order valence-electron chi connectivity index (χ4n) is 1.25. The summed E-state index contributed by atoms with van der Waals surface area (Å²) in [5.74, 6) is 0.906. The predicted molar refractivity (Wildman–Crippen MR) is 53.7 cm³/mol. The first-order valence-corrected chi connectivity index (χ1v) is 4.35. The van der Waals surface area contributed by atoms with Gasteiger partial charge in [-0.05, 0) is 19.1 Å². The van der Waals surface area contributed by atoms with Gasteiger partial charge >= 0.3 is 0 Å². The lowest BCUT2D eigenvalue weighted by molar-refractivity contribution is 1.16. The van der Waals surface area contributed by atoms with Crippen LogP contribution in [0.3, 0.4) is 0 Å². The summed E-state index contributed by atoms with van der Waals surface area (Å²) in [4.78, 5) is 8.42. The Morgan fingerprint density at radius 2 is 2.31 bits per heavy atom. The van der Waals surface area contributed by atoms with E-state index in [1.807, 2.05) is 18.2 Å². The van der Waals surface area contributed by atoms with Crippen LogP contribution < -0.4 is 5.32 Å². The smallest absolute Gasteiger partial charge is 0.126 e. The molecule has 0 aliphatic heterocycles. The van der Waals surface area contributed by atoms with Crippen molar-refractivity contribution in [3.8, 4) is 0 Å².